The number of halogens is 1. The second-order valence-electron chi connectivity index (χ2n) is 4.05. The Balaban J connectivity index is 2.50. The summed E-state index contributed by atoms with van der Waals surface area (Å²) in [5.41, 5.74) is 6.77. The summed E-state index contributed by atoms with van der Waals surface area (Å²) in [5, 5.41) is 3.36. The van der Waals surface area contributed by atoms with Gasteiger partial charge in [0.25, 0.3) is 0 Å². The Morgan fingerprint density at radius 3 is 2.88 bits per heavy atom. The fraction of sp³-hybridized carbons (Fsp3) is 0.583. The molecule has 0 radical (unpaired) electrons. The molecule has 16 heavy (non-hydrogen) atoms. The van der Waals surface area contributed by atoms with Gasteiger partial charge in [0.15, 0.2) is 0 Å². The number of rotatable bonds is 6. The van der Waals surface area contributed by atoms with Gasteiger partial charge in [0.2, 0.25) is 0 Å². The van der Waals surface area contributed by atoms with Gasteiger partial charge in [-0.3, -0.25) is 0 Å². The van der Waals surface area contributed by atoms with E-state index in [0.29, 0.717) is 5.92 Å². The van der Waals surface area contributed by atoms with E-state index in [0.717, 1.165) is 36.2 Å². The van der Waals surface area contributed by atoms with E-state index in [1.807, 2.05) is 6.20 Å². The largest absolute Gasteiger partial charge is 0.370 e. The lowest BCUT2D eigenvalue weighted by atomic mass is 10.0. The first-order valence-corrected chi connectivity index (χ1v) is 6.52. The second-order valence-corrected chi connectivity index (χ2v) is 4.91. The Hall–Kier alpha value is -0.610. The fourth-order valence-corrected chi connectivity index (χ4v) is 1.79. The van der Waals surface area contributed by atoms with E-state index in [2.05, 4.69) is 46.1 Å². The molecule has 0 aliphatic rings. The molecule has 1 atom stereocenters. The van der Waals surface area contributed by atoms with Gasteiger partial charge >= 0.3 is 0 Å². The number of hydrogen-bond acceptors (Lipinski definition) is 3. The van der Waals surface area contributed by atoms with Crippen molar-refractivity contribution in [3.63, 3.8) is 0 Å². The predicted molar refractivity (Wildman–Crippen MR) is 72.6 cm³/mol. The van der Waals surface area contributed by atoms with Crippen LogP contribution < -0.4 is 11.1 Å². The van der Waals surface area contributed by atoms with E-state index >= 15 is 0 Å². The van der Waals surface area contributed by atoms with Crippen molar-refractivity contribution in [2.24, 2.45) is 11.7 Å². The van der Waals surface area contributed by atoms with Gasteiger partial charge in [0.1, 0.15) is 5.82 Å². The molecule has 0 aliphatic heterocycles. The van der Waals surface area contributed by atoms with Crippen LogP contribution in [0.5, 0.6) is 0 Å². The maximum atomic E-state index is 5.57. The molecular weight excluding hydrogens is 266 g/mol. The summed E-state index contributed by atoms with van der Waals surface area (Å²) in [4.78, 5) is 4.32. The fourth-order valence-electron chi connectivity index (χ4n) is 1.57. The van der Waals surface area contributed by atoms with Gasteiger partial charge in [-0.15, -0.1) is 0 Å². The molecule has 3 nitrogen and oxygen atoms in total. The SMILES string of the molecule is CCC(CCN)CNc1cc(C)c(Br)cn1. The normalized spacial score (nSPS) is 12.5. The first kappa shape index (κ1) is 13.5. The highest BCUT2D eigenvalue weighted by atomic mass is 79.9. The first-order valence-electron chi connectivity index (χ1n) is 5.73. The molecule has 0 fully saturated rings. The smallest absolute Gasteiger partial charge is 0.126 e. The number of aryl methyl sites for hydroxylation is 1. The zero-order chi connectivity index (χ0) is 12.0. The number of hydrogen-bond donors (Lipinski definition) is 2. The third-order valence-electron chi connectivity index (χ3n) is 2.77. The lowest BCUT2D eigenvalue weighted by Gasteiger charge is -2.15. The van der Waals surface area contributed by atoms with Crippen molar-refractivity contribution in [3.8, 4) is 0 Å². The van der Waals surface area contributed by atoms with E-state index in [-0.39, 0.29) is 0 Å². The molecule has 1 unspecified atom stereocenters. The number of nitrogens with zero attached hydrogens (tertiary/aromatic N) is 1. The molecule has 1 heterocycles. The number of aromatic nitrogens is 1. The Kier molecular flexibility index (Phi) is 5.77. The van der Waals surface area contributed by atoms with Crippen molar-refractivity contribution in [3.05, 3.63) is 22.3 Å². The highest BCUT2D eigenvalue weighted by Crippen LogP contribution is 2.17. The summed E-state index contributed by atoms with van der Waals surface area (Å²) in [6.07, 6.45) is 4.06. The van der Waals surface area contributed by atoms with E-state index in [1.165, 1.54) is 5.56 Å². The minimum Gasteiger partial charge on any atom is -0.370 e. The maximum absolute atomic E-state index is 5.57. The molecule has 3 N–H and O–H groups in total. The van der Waals surface area contributed by atoms with Gasteiger partial charge < -0.3 is 11.1 Å². The zero-order valence-corrected chi connectivity index (χ0v) is 11.5. The molecule has 0 amide bonds. The summed E-state index contributed by atoms with van der Waals surface area (Å²) >= 11 is 3.44. The van der Waals surface area contributed by atoms with E-state index in [1.54, 1.807) is 0 Å². The average molecular weight is 286 g/mol. The molecule has 0 bridgehead atoms. The van der Waals surface area contributed by atoms with Crippen LogP contribution in [0.4, 0.5) is 5.82 Å². The number of nitrogens with two attached hydrogens (primary N) is 1. The summed E-state index contributed by atoms with van der Waals surface area (Å²) < 4.78 is 1.05. The van der Waals surface area contributed by atoms with Crippen molar-refractivity contribution in [1.29, 1.82) is 0 Å². The molecular formula is C12H20BrN3. The topological polar surface area (TPSA) is 50.9 Å². The molecule has 1 aromatic rings. The van der Waals surface area contributed by atoms with E-state index < -0.39 is 0 Å². The van der Waals surface area contributed by atoms with Gasteiger partial charge in [0.05, 0.1) is 0 Å². The first-order chi connectivity index (χ1) is 7.67. The summed E-state index contributed by atoms with van der Waals surface area (Å²) in [5.74, 6) is 1.58. The molecule has 0 aromatic carbocycles. The van der Waals surface area contributed by atoms with Crippen LogP contribution >= 0.6 is 15.9 Å². The molecule has 4 heteroatoms. The molecule has 0 saturated carbocycles. The van der Waals surface area contributed by atoms with Crippen molar-refractivity contribution >= 4 is 21.7 Å². The lowest BCUT2D eigenvalue weighted by Crippen LogP contribution is -2.17. The van der Waals surface area contributed by atoms with Crippen LogP contribution in [0.2, 0.25) is 0 Å². The molecule has 0 spiro atoms. The second kappa shape index (κ2) is 6.86. The number of nitrogens with one attached hydrogen (secondary N) is 1. The highest BCUT2D eigenvalue weighted by molar-refractivity contribution is 9.10. The monoisotopic (exact) mass is 285 g/mol. The van der Waals surface area contributed by atoms with Gasteiger partial charge in [-0.05, 0) is 53.4 Å². The summed E-state index contributed by atoms with van der Waals surface area (Å²) in [6, 6.07) is 2.05. The molecule has 0 aliphatic carbocycles. The third kappa shape index (κ3) is 4.10. The van der Waals surface area contributed by atoms with Crippen LogP contribution in [0.25, 0.3) is 0 Å². The number of anilines is 1. The standard InChI is InChI=1S/C12H20BrN3/c1-3-10(4-5-14)7-15-12-6-9(2)11(13)8-16-12/h6,8,10H,3-5,7,14H2,1-2H3,(H,15,16). The number of pyridine rings is 1. The Labute approximate surface area is 106 Å². The Morgan fingerprint density at radius 2 is 2.31 bits per heavy atom. The van der Waals surface area contributed by atoms with Crippen molar-refractivity contribution < 1.29 is 0 Å². The van der Waals surface area contributed by atoms with Crippen LogP contribution in [0.3, 0.4) is 0 Å². The Bertz CT molecular complexity index is 328. The third-order valence-corrected chi connectivity index (χ3v) is 3.60. The molecule has 1 rings (SSSR count). The van der Waals surface area contributed by atoms with Gasteiger partial charge in [-0.1, -0.05) is 13.3 Å². The summed E-state index contributed by atoms with van der Waals surface area (Å²) in [6.45, 7) is 5.96. The minimum absolute atomic E-state index is 0.635. The van der Waals surface area contributed by atoms with Crippen molar-refractivity contribution in [2.45, 2.75) is 26.7 Å². The van der Waals surface area contributed by atoms with Gasteiger partial charge in [-0.2, -0.15) is 0 Å². The van der Waals surface area contributed by atoms with Gasteiger partial charge in [-0.25, -0.2) is 4.98 Å². The Morgan fingerprint density at radius 1 is 1.56 bits per heavy atom. The van der Waals surface area contributed by atoms with E-state index in [4.69, 9.17) is 5.73 Å². The lowest BCUT2D eigenvalue weighted by molar-refractivity contribution is 0.501. The molecule has 90 valence electrons. The van der Waals surface area contributed by atoms with E-state index in [9.17, 15) is 0 Å². The van der Waals surface area contributed by atoms with Crippen LogP contribution in [-0.2, 0) is 0 Å². The van der Waals surface area contributed by atoms with Crippen LogP contribution in [0.15, 0.2) is 16.7 Å². The quantitative estimate of drug-likeness (QED) is 0.845. The van der Waals surface area contributed by atoms with Crippen LogP contribution in [0.1, 0.15) is 25.3 Å². The van der Waals surface area contributed by atoms with Crippen LogP contribution in [0, 0.1) is 12.8 Å². The molecule has 0 saturated heterocycles. The minimum atomic E-state index is 0.635. The predicted octanol–water partition coefficient (Wildman–Crippen LogP) is 2.94. The molecule has 1 aromatic heterocycles. The van der Waals surface area contributed by atoms with Crippen molar-refractivity contribution in [1.82, 2.24) is 4.98 Å². The highest BCUT2D eigenvalue weighted by Gasteiger charge is 2.05. The average Bonchev–Trinajstić information content (AvgIpc) is 2.28. The summed E-state index contributed by atoms with van der Waals surface area (Å²) in [7, 11) is 0. The van der Waals surface area contributed by atoms with Gasteiger partial charge in [0, 0.05) is 17.2 Å². The maximum Gasteiger partial charge on any atom is 0.126 e. The van der Waals surface area contributed by atoms with Crippen molar-refractivity contribution in [2.75, 3.05) is 18.4 Å². The zero-order valence-electron chi connectivity index (χ0n) is 9.96. The van der Waals surface area contributed by atoms with Crippen LogP contribution in [-0.4, -0.2) is 18.1 Å².